The van der Waals surface area contributed by atoms with Gasteiger partial charge in [-0.2, -0.15) is 0 Å². The average Bonchev–Trinajstić information content (AvgIpc) is 3.51. The van der Waals surface area contributed by atoms with Crippen molar-refractivity contribution in [3.8, 4) is 11.5 Å². The van der Waals surface area contributed by atoms with Crippen LogP contribution in [0.5, 0.6) is 11.5 Å². The highest BCUT2D eigenvalue weighted by atomic mass is 16.7. The first-order chi connectivity index (χ1) is 18.4. The summed E-state index contributed by atoms with van der Waals surface area (Å²) in [5.74, 6) is -0.856. The molecule has 2 aliphatic heterocycles. The van der Waals surface area contributed by atoms with Crippen molar-refractivity contribution in [3.63, 3.8) is 0 Å². The van der Waals surface area contributed by atoms with Crippen LogP contribution in [0.3, 0.4) is 0 Å². The van der Waals surface area contributed by atoms with Gasteiger partial charge in [0.05, 0.1) is 13.7 Å². The number of cyclic esters (lactones) is 1. The van der Waals surface area contributed by atoms with Crippen LogP contribution in [0.25, 0.3) is 0 Å². The maximum absolute atomic E-state index is 13.0. The molecule has 1 atom stereocenters. The van der Waals surface area contributed by atoms with E-state index in [0.717, 1.165) is 28.9 Å². The van der Waals surface area contributed by atoms with E-state index in [4.69, 9.17) is 23.7 Å². The van der Waals surface area contributed by atoms with E-state index in [1.165, 1.54) is 38.4 Å². The number of hydrogen-bond acceptors (Lipinski definition) is 7. The zero-order chi connectivity index (χ0) is 27.1. The first kappa shape index (κ1) is 27.6. The van der Waals surface area contributed by atoms with Crippen LogP contribution in [0.15, 0.2) is 59.6 Å². The van der Waals surface area contributed by atoms with Crippen LogP contribution in [0, 0.1) is 13.8 Å². The SMILES string of the molecule is CCCCCCCCOc1c(C)cc(CC2=C(C3=COCO3)C(=O)OC2(O)c2ccc(OC)cc2)cc1C. The van der Waals surface area contributed by atoms with Crippen LogP contribution in [-0.4, -0.2) is 31.6 Å². The largest absolute Gasteiger partial charge is 0.497 e. The molecule has 0 amide bonds. The van der Waals surface area contributed by atoms with Crippen molar-refractivity contribution in [2.75, 3.05) is 20.5 Å². The molecular formula is C31H38O7. The summed E-state index contributed by atoms with van der Waals surface area (Å²) in [7, 11) is 1.57. The maximum Gasteiger partial charge on any atom is 0.345 e. The Morgan fingerprint density at radius 3 is 2.32 bits per heavy atom. The summed E-state index contributed by atoms with van der Waals surface area (Å²) in [6.07, 6.45) is 8.92. The van der Waals surface area contributed by atoms with Gasteiger partial charge in [-0.05, 0) is 61.2 Å². The van der Waals surface area contributed by atoms with E-state index in [1.807, 2.05) is 26.0 Å². The monoisotopic (exact) mass is 522 g/mol. The number of rotatable bonds is 13. The fourth-order valence-corrected chi connectivity index (χ4v) is 5.05. The van der Waals surface area contributed by atoms with Gasteiger partial charge >= 0.3 is 5.97 Å². The minimum absolute atomic E-state index is 0.00319. The molecular weight excluding hydrogens is 484 g/mol. The molecule has 2 heterocycles. The summed E-state index contributed by atoms with van der Waals surface area (Å²) in [6, 6.07) is 10.9. The normalized spacial score (nSPS) is 18.7. The summed E-state index contributed by atoms with van der Waals surface area (Å²) in [4.78, 5) is 13.0. The second-order valence-electron chi connectivity index (χ2n) is 9.88. The molecule has 0 bridgehead atoms. The minimum Gasteiger partial charge on any atom is -0.497 e. The molecule has 204 valence electrons. The second kappa shape index (κ2) is 12.4. The summed E-state index contributed by atoms with van der Waals surface area (Å²) < 4.78 is 27.7. The van der Waals surface area contributed by atoms with E-state index in [9.17, 15) is 9.90 Å². The highest BCUT2D eigenvalue weighted by Gasteiger charge is 2.49. The Balaban J connectivity index is 1.58. The number of carbonyl (C=O) groups is 1. The fourth-order valence-electron chi connectivity index (χ4n) is 5.05. The van der Waals surface area contributed by atoms with Gasteiger partial charge in [0.15, 0.2) is 5.76 Å². The lowest BCUT2D eigenvalue weighted by atomic mass is 9.88. The molecule has 0 saturated heterocycles. The molecule has 0 saturated carbocycles. The van der Waals surface area contributed by atoms with Crippen molar-refractivity contribution in [2.24, 2.45) is 0 Å². The van der Waals surface area contributed by atoms with Gasteiger partial charge in [-0.1, -0.05) is 51.2 Å². The Morgan fingerprint density at radius 2 is 1.68 bits per heavy atom. The average molecular weight is 523 g/mol. The number of carbonyl (C=O) groups excluding carboxylic acids is 1. The summed E-state index contributed by atoms with van der Waals surface area (Å²) in [5, 5.41) is 11.8. The van der Waals surface area contributed by atoms with Crippen molar-refractivity contribution in [3.05, 3.63) is 81.8 Å². The Labute approximate surface area is 225 Å². The topological polar surface area (TPSA) is 83.5 Å². The van der Waals surface area contributed by atoms with Crippen molar-refractivity contribution < 1.29 is 33.6 Å². The number of ether oxygens (including phenoxy) is 5. The third-order valence-corrected chi connectivity index (χ3v) is 7.00. The molecule has 1 unspecified atom stereocenters. The van der Waals surface area contributed by atoms with Crippen molar-refractivity contribution in [1.29, 1.82) is 0 Å². The Kier molecular flexibility index (Phi) is 9.00. The first-order valence-corrected chi connectivity index (χ1v) is 13.4. The molecule has 0 fully saturated rings. The molecule has 4 rings (SSSR count). The van der Waals surface area contributed by atoms with Gasteiger partial charge in [0.2, 0.25) is 6.79 Å². The van der Waals surface area contributed by atoms with E-state index in [2.05, 4.69) is 6.92 Å². The van der Waals surface area contributed by atoms with Crippen LogP contribution in [0.1, 0.15) is 67.7 Å². The molecule has 2 aliphatic rings. The number of esters is 1. The summed E-state index contributed by atoms with van der Waals surface area (Å²) >= 11 is 0. The van der Waals surface area contributed by atoms with Gasteiger partial charge in [0.25, 0.3) is 5.79 Å². The standard InChI is InChI=1S/C31H38O7/c1-5-6-7-8-9-10-15-36-29-21(2)16-23(17-22(29)3)18-26-28(27-19-35-20-37-27)30(32)38-31(26,33)24-11-13-25(34-4)14-12-24/h11-14,16-17,19,33H,5-10,15,18,20H2,1-4H3. The Morgan fingerprint density at radius 1 is 1.00 bits per heavy atom. The van der Waals surface area contributed by atoms with Crippen LogP contribution in [0.2, 0.25) is 0 Å². The van der Waals surface area contributed by atoms with E-state index in [1.54, 1.807) is 31.4 Å². The number of methoxy groups -OCH3 is 1. The van der Waals surface area contributed by atoms with Gasteiger partial charge < -0.3 is 28.8 Å². The molecule has 2 aromatic rings. The smallest absolute Gasteiger partial charge is 0.345 e. The molecule has 0 spiro atoms. The third kappa shape index (κ3) is 5.99. The number of aryl methyl sites for hydroxylation is 2. The minimum atomic E-state index is -1.96. The van der Waals surface area contributed by atoms with Crippen molar-refractivity contribution in [2.45, 2.75) is 71.5 Å². The molecule has 0 radical (unpaired) electrons. The number of hydrogen-bond donors (Lipinski definition) is 1. The van der Waals surface area contributed by atoms with Gasteiger partial charge in [-0.15, -0.1) is 0 Å². The van der Waals surface area contributed by atoms with Crippen molar-refractivity contribution >= 4 is 5.97 Å². The predicted molar refractivity (Wildman–Crippen MR) is 144 cm³/mol. The third-order valence-electron chi connectivity index (χ3n) is 7.00. The van der Waals surface area contributed by atoms with Gasteiger partial charge in [-0.3, -0.25) is 0 Å². The molecule has 38 heavy (non-hydrogen) atoms. The van der Waals surface area contributed by atoms with Crippen LogP contribution >= 0.6 is 0 Å². The lowest BCUT2D eigenvalue weighted by molar-refractivity contribution is -0.186. The summed E-state index contributed by atoms with van der Waals surface area (Å²) in [5.41, 5.74) is 3.92. The first-order valence-electron chi connectivity index (χ1n) is 13.4. The zero-order valence-corrected chi connectivity index (χ0v) is 22.8. The fraction of sp³-hybridized carbons (Fsp3) is 0.452. The lowest BCUT2D eigenvalue weighted by Gasteiger charge is -2.26. The molecule has 2 aromatic carbocycles. The van der Waals surface area contributed by atoms with Gasteiger partial charge in [0.1, 0.15) is 23.3 Å². The van der Waals surface area contributed by atoms with Crippen LogP contribution in [0.4, 0.5) is 0 Å². The van der Waals surface area contributed by atoms with Crippen LogP contribution in [-0.2, 0) is 31.2 Å². The Hall–Kier alpha value is -3.45. The zero-order valence-electron chi connectivity index (χ0n) is 22.8. The lowest BCUT2D eigenvalue weighted by Crippen LogP contribution is -2.29. The molecule has 7 nitrogen and oxygen atoms in total. The quantitative estimate of drug-likeness (QED) is 0.250. The predicted octanol–water partition coefficient (Wildman–Crippen LogP) is 6.14. The molecule has 7 heteroatoms. The second-order valence-corrected chi connectivity index (χ2v) is 9.88. The molecule has 0 aliphatic carbocycles. The summed E-state index contributed by atoms with van der Waals surface area (Å²) in [6.45, 7) is 6.95. The van der Waals surface area contributed by atoms with Gasteiger partial charge in [0, 0.05) is 17.6 Å². The van der Waals surface area contributed by atoms with Crippen LogP contribution < -0.4 is 9.47 Å². The molecule has 1 N–H and O–H groups in total. The molecule has 0 aromatic heterocycles. The number of unbranched alkanes of at least 4 members (excludes halogenated alkanes) is 5. The van der Waals surface area contributed by atoms with E-state index in [-0.39, 0.29) is 24.5 Å². The maximum atomic E-state index is 13.0. The van der Waals surface area contributed by atoms with E-state index >= 15 is 0 Å². The number of aliphatic hydroxyl groups is 1. The highest BCUT2D eigenvalue weighted by molar-refractivity contribution is 5.97. The van der Waals surface area contributed by atoms with Gasteiger partial charge in [-0.25, -0.2) is 4.79 Å². The van der Waals surface area contributed by atoms with Crippen molar-refractivity contribution in [1.82, 2.24) is 0 Å². The van der Waals surface area contributed by atoms with E-state index < -0.39 is 11.8 Å². The highest BCUT2D eigenvalue weighted by Crippen LogP contribution is 2.44. The van der Waals surface area contributed by atoms with E-state index in [0.29, 0.717) is 23.5 Å². The number of benzene rings is 2. The Bertz CT molecular complexity index is 1170.